The number of hydrogen-bond donors (Lipinski definition) is 3. The van der Waals surface area contributed by atoms with Gasteiger partial charge in [0.1, 0.15) is 5.69 Å². The highest BCUT2D eigenvalue weighted by Crippen LogP contribution is 2.30. The molecule has 1 aromatic heterocycles. The first kappa shape index (κ1) is 14.6. The summed E-state index contributed by atoms with van der Waals surface area (Å²) in [6, 6.07) is 9.19. The second-order valence-corrected chi connectivity index (χ2v) is 5.15. The Labute approximate surface area is 129 Å². The van der Waals surface area contributed by atoms with Crippen LogP contribution in [0.15, 0.2) is 46.2 Å². The van der Waals surface area contributed by atoms with Crippen molar-refractivity contribution in [2.24, 2.45) is 10.9 Å². The molecule has 104 valence electrons. The average molecular weight is 356 g/mol. The zero-order valence-electron chi connectivity index (χ0n) is 10.3. The zero-order chi connectivity index (χ0) is 14.5. The van der Waals surface area contributed by atoms with Crippen molar-refractivity contribution in [2.75, 3.05) is 5.32 Å². The lowest BCUT2D eigenvalue weighted by atomic mass is 10.1. The van der Waals surface area contributed by atoms with Crippen LogP contribution in [0.4, 0.5) is 5.69 Å². The number of nitrogens with one attached hydrogen (secondary N) is 1. The van der Waals surface area contributed by atoms with E-state index in [1.165, 1.54) is 0 Å². The Morgan fingerprint density at radius 1 is 1.40 bits per heavy atom. The number of nitrogens with zero attached hydrogens (tertiary/aromatic N) is 2. The molecule has 0 bridgehead atoms. The van der Waals surface area contributed by atoms with Crippen LogP contribution in [-0.4, -0.2) is 16.0 Å². The van der Waals surface area contributed by atoms with Gasteiger partial charge in [-0.15, -0.1) is 0 Å². The second-order valence-electron chi connectivity index (χ2n) is 3.95. The van der Waals surface area contributed by atoms with Crippen LogP contribution >= 0.6 is 27.5 Å². The molecule has 0 unspecified atom stereocenters. The third kappa shape index (κ3) is 3.20. The van der Waals surface area contributed by atoms with Crippen molar-refractivity contribution < 1.29 is 5.21 Å². The Morgan fingerprint density at radius 3 is 2.95 bits per heavy atom. The quantitative estimate of drug-likeness (QED) is 0.340. The van der Waals surface area contributed by atoms with E-state index in [4.69, 9.17) is 22.5 Å². The lowest BCUT2D eigenvalue weighted by Gasteiger charge is -2.11. The Hall–Kier alpha value is -1.79. The molecule has 0 radical (unpaired) electrons. The number of rotatable bonds is 4. The Balaban J connectivity index is 2.21. The number of nitrogens with two attached hydrogens (primary N) is 1. The molecule has 5 nitrogen and oxygen atoms in total. The predicted octanol–water partition coefficient (Wildman–Crippen LogP) is 3.20. The molecule has 0 aliphatic heterocycles. The van der Waals surface area contributed by atoms with E-state index in [9.17, 15) is 0 Å². The first-order valence-corrected chi connectivity index (χ1v) is 6.90. The summed E-state index contributed by atoms with van der Waals surface area (Å²) >= 11 is 9.44. The van der Waals surface area contributed by atoms with Gasteiger partial charge in [-0.25, -0.2) is 0 Å². The number of benzene rings is 1. The lowest BCUT2D eigenvalue weighted by molar-refractivity contribution is 0.318. The SMILES string of the molecule is N/C(=N/O)c1ncccc1CNc1cccc(Cl)c1Br. The summed E-state index contributed by atoms with van der Waals surface area (Å²) < 4.78 is 0.788. The third-order valence-corrected chi connectivity index (χ3v) is 4.06. The number of hydrogen-bond acceptors (Lipinski definition) is 4. The van der Waals surface area contributed by atoms with Crippen molar-refractivity contribution in [3.05, 3.63) is 57.3 Å². The number of oxime groups is 1. The van der Waals surface area contributed by atoms with Crippen LogP contribution < -0.4 is 11.1 Å². The van der Waals surface area contributed by atoms with Crippen molar-refractivity contribution in [1.82, 2.24) is 4.98 Å². The van der Waals surface area contributed by atoms with E-state index >= 15 is 0 Å². The van der Waals surface area contributed by atoms with Gasteiger partial charge in [-0.05, 0) is 34.1 Å². The molecule has 0 spiro atoms. The Kier molecular flexibility index (Phi) is 4.81. The van der Waals surface area contributed by atoms with Gasteiger partial charge in [0.25, 0.3) is 0 Å². The minimum atomic E-state index is -0.0208. The van der Waals surface area contributed by atoms with E-state index in [0.29, 0.717) is 17.3 Å². The van der Waals surface area contributed by atoms with Gasteiger partial charge >= 0.3 is 0 Å². The van der Waals surface area contributed by atoms with Crippen molar-refractivity contribution in [2.45, 2.75) is 6.54 Å². The molecule has 0 amide bonds. The highest BCUT2D eigenvalue weighted by atomic mass is 79.9. The maximum Gasteiger partial charge on any atom is 0.189 e. The van der Waals surface area contributed by atoms with Gasteiger partial charge in [-0.2, -0.15) is 0 Å². The van der Waals surface area contributed by atoms with E-state index < -0.39 is 0 Å². The van der Waals surface area contributed by atoms with E-state index in [2.05, 4.69) is 31.4 Å². The molecule has 0 aliphatic carbocycles. The van der Waals surface area contributed by atoms with Gasteiger partial charge in [0.15, 0.2) is 5.84 Å². The summed E-state index contributed by atoms with van der Waals surface area (Å²) in [5.41, 5.74) is 7.71. The van der Waals surface area contributed by atoms with E-state index in [-0.39, 0.29) is 5.84 Å². The highest BCUT2D eigenvalue weighted by molar-refractivity contribution is 9.10. The van der Waals surface area contributed by atoms with Gasteiger partial charge in [0.05, 0.1) is 15.2 Å². The Morgan fingerprint density at radius 2 is 2.20 bits per heavy atom. The summed E-state index contributed by atoms with van der Waals surface area (Å²) in [5, 5.41) is 15.6. The minimum absolute atomic E-state index is 0.0208. The highest BCUT2D eigenvalue weighted by Gasteiger charge is 2.09. The third-order valence-electron chi connectivity index (χ3n) is 2.66. The fourth-order valence-electron chi connectivity index (χ4n) is 1.69. The van der Waals surface area contributed by atoms with Crippen molar-refractivity contribution in [3.8, 4) is 0 Å². The number of anilines is 1. The van der Waals surface area contributed by atoms with Crippen LogP contribution in [-0.2, 0) is 6.54 Å². The van der Waals surface area contributed by atoms with Crippen LogP contribution in [0, 0.1) is 0 Å². The number of halogens is 2. The van der Waals surface area contributed by atoms with Crippen LogP contribution in [0.25, 0.3) is 0 Å². The maximum atomic E-state index is 8.76. The van der Waals surface area contributed by atoms with Gasteiger partial charge in [0, 0.05) is 18.3 Å². The summed E-state index contributed by atoms with van der Waals surface area (Å²) in [7, 11) is 0. The molecule has 2 aromatic rings. The molecular formula is C13H12BrClN4O. The molecule has 0 atom stereocenters. The molecule has 1 heterocycles. The fourth-order valence-corrected chi connectivity index (χ4v) is 2.27. The number of pyridine rings is 1. The summed E-state index contributed by atoms with van der Waals surface area (Å²) in [5.74, 6) is -0.0208. The van der Waals surface area contributed by atoms with Gasteiger partial charge in [-0.3, -0.25) is 4.98 Å². The van der Waals surface area contributed by atoms with Gasteiger partial charge < -0.3 is 16.3 Å². The summed E-state index contributed by atoms with van der Waals surface area (Å²) in [6.07, 6.45) is 1.59. The molecule has 20 heavy (non-hydrogen) atoms. The summed E-state index contributed by atoms with van der Waals surface area (Å²) in [4.78, 5) is 4.11. The molecule has 1 aromatic carbocycles. The van der Waals surface area contributed by atoms with E-state index in [0.717, 1.165) is 15.7 Å². The molecule has 0 saturated heterocycles. The average Bonchev–Trinajstić information content (AvgIpc) is 2.48. The predicted molar refractivity (Wildman–Crippen MR) is 83.2 cm³/mol. The molecule has 0 fully saturated rings. The molecule has 7 heteroatoms. The first-order chi connectivity index (χ1) is 9.63. The van der Waals surface area contributed by atoms with Crippen LogP contribution in [0.5, 0.6) is 0 Å². The summed E-state index contributed by atoms with van der Waals surface area (Å²) in [6.45, 7) is 0.471. The van der Waals surface area contributed by atoms with Crippen LogP contribution in [0.2, 0.25) is 5.02 Å². The topological polar surface area (TPSA) is 83.5 Å². The maximum absolute atomic E-state index is 8.76. The fraction of sp³-hybridized carbons (Fsp3) is 0.0769. The van der Waals surface area contributed by atoms with Crippen LogP contribution in [0.3, 0.4) is 0 Å². The van der Waals surface area contributed by atoms with Crippen LogP contribution in [0.1, 0.15) is 11.3 Å². The normalized spacial score (nSPS) is 11.4. The monoisotopic (exact) mass is 354 g/mol. The number of amidine groups is 1. The smallest absolute Gasteiger partial charge is 0.189 e. The lowest BCUT2D eigenvalue weighted by Crippen LogP contribution is -2.18. The number of aromatic nitrogens is 1. The minimum Gasteiger partial charge on any atom is -0.409 e. The molecule has 4 N–H and O–H groups in total. The Bertz CT molecular complexity index is 648. The van der Waals surface area contributed by atoms with Crippen molar-refractivity contribution in [1.29, 1.82) is 0 Å². The van der Waals surface area contributed by atoms with E-state index in [1.807, 2.05) is 18.2 Å². The standard InChI is InChI=1S/C13H12BrClN4O/c14-11-9(15)4-1-5-10(11)18-7-8-3-2-6-17-12(8)13(16)19-20/h1-6,18,20H,7H2,(H2,16,19). The molecule has 0 saturated carbocycles. The molecule has 2 rings (SSSR count). The van der Waals surface area contributed by atoms with Crippen molar-refractivity contribution in [3.63, 3.8) is 0 Å². The zero-order valence-corrected chi connectivity index (χ0v) is 12.7. The van der Waals surface area contributed by atoms with Gasteiger partial charge in [-0.1, -0.05) is 28.9 Å². The second kappa shape index (κ2) is 6.58. The van der Waals surface area contributed by atoms with E-state index in [1.54, 1.807) is 18.3 Å². The first-order valence-electron chi connectivity index (χ1n) is 5.73. The molecule has 0 aliphatic rings. The largest absolute Gasteiger partial charge is 0.409 e. The van der Waals surface area contributed by atoms with Crippen molar-refractivity contribution >= 4 is 39.1 Å². The van der Waals surface area contributed by atoms with Gasteiger partial charge in [0.2, 0.25) is 0 Å². The molecular weight excluding hydrogens is 344 g/mol.